The summed E-state index contributed by atoms with van der Waals surface area (Å²) in [5.74, 6) is -4.67. The van der Waals surface area contributed by atoms with Gasteiger partial charge in [0.1, 0.15) is 10.8 Å². The Bertz CT molecular complexity index is 395. The fraction of sp³-hybridized carbons (Fsp3) is 0.125. The summed E-state index contributed by atoms with van der Waals surface area (Å²) in [5.41, 5.74) is -0.572. The van der Waals surface area contributed by atoms with E-state index in [0.29, 0.717) is 6.07 Å². The predicted molar refractivity (Wildman–Crippen MR) is 45.6 cm³/mol. The summed E-state index contributed by atoms with van der Waals surface area (Å²) in [4.78, 5) is 10.5. The molecule has 1 aromatic rings. The molecule has 0 aliphatic carbocycles. The summed E-state index contributed by atoms with van der Waals surface area (Å²) >= 11 is 5.09. The zero-order valence-corrected chi connectivity index (χ0v) is 7.75. The van der Waals surface area contributed by atoms with Crippen molar-refractivity contribution in [3.63, 3.8) is 0 Å². The lowest BCUT2D eigenvalue weighted by Gasteiger charge is -2.06. The highest BCUT2D eigenvalue weighted by atomic mass is 35.5. The van der Waals surface area contributed by atoms with Crippen LogP contribution in [0.25, 0.3) is 0 Å². The van der Waals surface area contributed by atoms with E-state index in [1.54, 1.807) is 0 Å². The van der Waals surface area contributed by atoms with Crippen LogP contribution in [0.15, 0.2) is 6.07 Å². The van der Waals surface area contributed by atoms with E-state index in [1.165, 1.54) is 0 Å². The van der Waals surface area contributed by atoms with Crippen LogP contribution in [-0.4, -0.2) is 5.91 Å². The van der Waals surface area contributed by atoms with Gasteiger partial charge in [-0.05, 0) is 0 Å². The van der Waals surface area contributed by atoms with E-state index < -0.39 is 34.1 Å². The second-order valence-electron chi connectivity index (χ2n) is 2.53. The van der Waals surface area contributed by atoms with Gasteiger partial charge in [0.2, 0.25) is 5.91 Å². The Morgan fingerprint density at radius 3 is 2.43 bits per heavy atom. The van der Waals surface area contributed by atoms with Gasteiger partial charge in [-0.3, -0.25) is 4.79 Å². The number of carbonyl (C=O) groups is 1. The van der Waals surface area contributed by atoms with Gasteiger partial charge in [-0.2, -0.15) is 0 Å². The summed E-state index contributed by atoms with van der Waals surface area (Å²) in [7, 11) is 0. The molecule has 1 amide bonds. The van der Waals surface area contributed by atoms with Crippen LogP contribution in [0.3, 0.4) is 0 Å². The maximum Gasteiger partial charge on any atom is 0.221 e. The highest BCUT2D eigenvalue weighted by Gasteiger charge is 2.17. The van der Waals surface area contributed by atoms with Gasteiger partial charge >= 0.3 is 0 Å². The van der Waals surface area contributed by atoms with E-state index in [4.69, 9.17) is 11.6 Å². The van der Waals surface area contributed by atoms with E-state index in [1.807, 2.05) is 5.32 Å². The highest BCUT2D eigenvalue weighted by Crippen LogP contribution is 2.27. The lowest BCUT2D eigenvalue weighted by Crippen LogP contribution is -2.09. The van der Waals surface area contributed by atoms with Crippen molar-refractivity contribution in [3.8, 4) is 0 Å². The smallest absolute Gasteiger partial charge is 0.221 e. The van der Waals surface area contributed by atoms with Gasteiger partial charge in [0.25, 0.3) is 0 Å². The second kappa shape index (κ2) is 3.88. The Labute approximate surface area is 82.7 Å². The van der Waals surface area contributed by atoms with Gasteiger partial charge in [-0.1, -0.05) is 11.6 Å². The van der Waals surface area contributed by atoms with Gasteiger partial charge in [-0.15, -0.1) is 0 Å². The molecule has 0 saturated carbocycles. The Morgan fingerprint density at radius 2 is 1.93 bits per heavy atom. The minimum absolute atomic E-state index is 0.572. The quantitative estimate of drug-likeness (QED) is 0.576. The number of amides is 1. The van der Waals surface area contributed by atoms with Crippen molar-refractivity contribution < 1.29 is 18.0 Å². The van der Waals surface area contributed by atoms with Crippen molar-refractivity contribution in [3.05, 3.63) is 28.5 Å². The average molecular weight is 224 g/mol. The molecule has 0 aromatic heterocycles. The van der Waals surface area contributed by atoms with Crippen molar-refractivity contribution in [2.24, 2.45) is 0 Å². The number of halogens is 4. The molecule has 1 N–H and O–H groups in total. The van der Waals surface area contributed by atoms with Crippen molar-refractivity contribution in [2.75, 3.05) is 5.32 Å². The monoisotopic (exact) mass is 223 g/mol. The third-order valence-corrected chi connectivity index (χ3v) is 1.76. The lowest BCUT2D eigenvalue weighted by atomic mass is 10.2. The molecule has 76 valence electrons. The molecular formula is C8H5ClF3NO. The van der Waals surface area contributed by atoms with E-state index in [0.717, 1.165) is 6.92 Å². The molecule has 0 saturated heterocycles. The molecule has 1 aromatic carbocycles. The van der Waals surface area contributed by atoms with Crippen molar-refractivity contribution in [1.29, 1.82) is 0 Å². The summed E-state index contributed by atoms with van der Waals surface area (Å²) in [5, 5.41) is 0.996. The fourth-order valence-electron chi connectivity index (χ4n) is 0.853. The number of nitrogens with one attached hydrogen (secondary N) is 1. The summed E-state index contributed by atoms with van der Waals surface area (Å²) < 4.78 is 38.5. The van der Waals surface area contributed by atoms with E-state index in [2.05, 4.69) is 0 Å². The van der Waals surface area contributed by atoms with Gasteiger partial charge in [0, 0.05) is 13.0 Å². The first-order valence-electron chi connectivity index (χ1n) is 3.54. The molecular weight excluding hydrogens is 219 g/mol. The maximum absolute atomic E-state index is 13.0. The number of anilines is 1. The molecule has 0 radical (unpaired) electrons. The zero-order chi connectivity index (χ0) is 10.9. The normalized spacial score (nSPS) is 10.1. The number of carbonyl (C=O) groups excluding carboxylic acids is 1. The van der Waals surface area contributed by atoms with Gasteiger partial charge in [0.15, 0.2) is 11.6 Å². The van der Waals surface area contributed by atoms with Crippen LogP contribution in [0.4, 0.5) is 18.9 Å². The molecule has 0 aliphatic heterocycles. The fourth-order valence-corrected chi connectivity index (χ4v) is 0.991. The highest BCUT2D eigenvalue weighted by molar-refractivity contribution is 6.31. The molecule has 14 heavy (non-hydrogen) atoms. The van der Waals surface area contributed by atoms with Gasteiger partial charge < -0.3 is 5.32 Å². The molecule has 1 rings (SSSR count). The van der Waals surface area contributed by atoms with E-state index in [9.17, 15) is 18.0 Å². The Kier molecular flexibility index (Phi) is 3.00. The molecule has 2 nitrogen and oxygen atoms in total. The number of hydrogen-bond acceptors (Lipinski definition) is 1. The Morgan fingerprint density at radius 1 is 1.36 bits per heavy atom. The largest absolute Gasteiger partial charge is 0.324 e. The molecule has 6 heteroatoms. The third-order valence-electron chi connectivity index (χ3n) is 1.41. The number of hydrogen-bond donors (Lipinski definition) is 1. The number of benzene rings is 1. The molecule has 0 heterocycles. The molecule has 0 bridgehead atoms. The summed E-state index contributed by atoms with van der Waals surface area (Å²) in [6.07, 6.45) is 0. The molecule has 0 aliphatic rings. The first-order chi connectivity index (χ1) is 6.43. The number of rotatable bonds is 1. The molecule has 0 atom stereocenters. The van der Waals surface area contributed by atoms with Crippen molar-refractivity contribution in [2.45, 2.75) is 6.92 Å². The van der Waals surface area contributed by atoms with Crippen LogP contribution in [-0.2, 0) is 4.79 Å². The van der Waals surface area contributed by atoms with Crippen molar-refractivity contribution in [1.82, 2.24) is 0 Å². The van der Waals surface area contributed by atoms with Crippen molar-refractivity contribution >= 4 is 23.2 Å². The van der Waals surface area contributed by atoms with Gasteiger partial charge in [-0.25, -0.2) is 13.2 Å². The van der Waals surface area contributed by atoms with E-state index in [-0.39, 0.29) is 0 Å². The molecule has 0 fully saturated rings. The average Bonchev–Trinajstić information content (AvgIpc) is 2.10. The minimum Gasteiger partial charge on any atom is -0.324 e. The lowest BCUT2D eigenvalue weighted by molar-refractivity contribution is -0.114. The van der Waals surface area contributed by atoms with Crippen LogP contribution in [0, 0.1) is 17.5 Å². The first-order valence-corrected chi connectivity index (χ1v) is 3.92. The first kappa shape index (κ1) is 10.8. The predicted octanol–water partition coefficient (Wildman–Crippen LogP) is 2.72. The minimum atomic E-state index is -1.52. The summed E-state index contributed by atoms with van der Waals surface area (Å²) in [6, 6.07) is 0.613. The van der Waals surface area contributed by atoms with Crippen LogP contribution in [0.2, 0.25) is 5.02 Å². The Balaban J connectivity index is 3.25. The zero-order valence-electron chi connectivity index (χ0n) is 7.00. The topological polar surface area (TPSA) is 29.1 Å². The Hall–Kier alpha value is -1.23. The van der Waals surface area contributed by atoms with Crippen LogP contribution >= 0.6 is 11.6 Å². The van der Waals surface area contributed by atoms with Crippen LogP contribution in [0.5, 0.6) is 0 Å². The second-order valence-corrected chi connectivity index (χ2v) is 2.91. The van der Waals surface area contributed by atoms with Crippen LogP contribution < -0.4 is 5.32 Å². The maximum atomic E-state index is 13.0. The van der Waals surface area contributed by atoms with E-state index >= 15 is 0 Å². The standard InChI is InChI=1S/C8H5ClF3NO/c1-3(14)13-5-2-4(10)6(9)8(12)7(5)11/h2H,1H3,(H,13,14). The third kappa shape index (κ3) is 1.98. The molecule has 0 unspecified atom stereocenters. The van der Waals surface area contributed by atoms with Crippen LogP contribution in [0.1, 0.15) is 6.92 Å². The summed E-state index contributed by atoms with van der Waals surface area (Å²) in [6.45, 7) is 1.09. The molecule has 0 spiro atoms. The SMILES string of the molecule is CC(=O)Nc1cc(F)c(Cl)c(F)c1F. The van der Waals surface area contributed by atoms with Gasteiger partial charge in [0.05, 0.1) is 5.69 Å².